The van der Waals surface area contributed by atoms with Crippen molar-refractivity contribution in [2.45, 2.75) is 13.0 Å². The highest BCUT2D eigenvalue weighted by molar-refractivity contribution is 5.43. The second-order valence-corrected chi connectivity index (χ2v) is 4.22. The summed E-state index contributed by atoms with van der Waals surface area (Å²) in [5, 5.41) is 0. The van der Waals surface area contributed by atoms with E-state index in [2.05, 4.69) is 10.4 Å². The molecule has 1 unspecified atom stereocenters. The fourth-order valence-corrected chi connectivity index (χ4v) is 2.09. The molecule has 100 valence electrons. The van der Waals surface area contributed by atoms with Gasteiger partial charge in [-0.3, -0.25) is 10.8 Å². The van der Waals surface area contributed by atoms with Gasteiger partial charge in [-0.15, -0.1) is 0 Å². The minimum atomic E-state index is -0.353. The maximum atomic E-state index is 13.5. The van der Waals surface area contributed by atoms with Crippen LogP contribution in [0.5, 0.6) is 5.75 Å². The normalized spacial score (nSPS) is 12.2. The van der Waals surface area contributed by atoms with Crippen LogP contribution in [0.2, 0.25) is 0 Å². The summed E-state index contributed by atoms with van der Waals surface area (Å²) < 4.78 is 18.7. The van der Waals surface area contributed by atoms with Gasteiger partial charge in [0.25, 0.3) is 0 Å². The maximum Gasteiger partial charge on any atom is 0.124 e. The molecule has 0 spiro atoms. The third-order valence-electron chi connectivity index (χ3n) is 3.04. The number of hydrogen-bond acceptors (Lipinski definition) is 4. The molecule has 0 bridgehead atoms. The van der Waals surface area contributed by atoms with Crippen molar-refractivity contribution in [1.29, 1.82) is 0 Å². The molecule has 0 radical (unpaired) electrons. The predicted octanol–water partition coefficient (Wildman–Crippen LogP) is 2.09. The average Bonchev–Trinajstić information content (AvgIpc) is 2.42. The summed E-state index contributed by atoms with van der Waals surface area (Å²) in [4.78, 5) is 4.04. The number of nitrogens with two attached hydrogens (primary N) is 1. The van der Waals surface area contributed by atoms with E-state index in [-0.39, 0.29) is 11.9 Å². The molecule has 0 aliphatic heterocycles. The summed E-state index contributed by atoms with van der Waals surface area (Å²) in [5.74, 6) is 5.88. The fourth-order valence-electron chi connectivity index (χ4n) is 2.09. The van der Waals surface area contributed by atoms with Crippen molar-refractivity contribution >= 4 is 0 Å². The number of benzene rings is 1. The molecule has 0 saturated heterocycles. The Hall–Kier alpha value is -1.98. The topological polar surface area (TPSA) is 60.2 Å². The van der Waals surface area contributed by atoms with E-state index in [1.807, 2.05) is 13.0 Å². The summed E-state index contributed by atoms with van der Waals surface area (Å²) >= 11 is 0. The lowest BCUT2D eigenvalue weighted by Gasteiger charge is -2.21. The number of nitrogens with zero attached hydrogens (tertiary/aromatic N) is 1. The monoisotopic (exact) mass is 261 g/mol. The first-order valence-electron chi connectivity index (χ1n) is 5.87. The van der Waals surface area contributed by atoms with E-state index in [1.54, 1.807) is 25.6 Å². The summed E-state index contributed by atoms with van der Waals surface area (Å²) in [6, 6.07) is 5.86. The molecule has 0 saturated carbocycles. The first-order valence-corrected chi connectivity index (χ1v) is 5.87. The van der Waals surface area contributed by atoms with Crippen molar-refractivity contribution in [2.24, 2.45) is 5.84 Å². The van der Waals surface area contributed by atoms with Crippen molar-refractivity contribution in [1.82, 2.24) is 10.4 Å². The van der Waals surface area contributed by atoms with Crippen LogP contribution in [0.4, 0.5) is 4.39 Å². The number of nitrogens with one attached hydrogen (secondary N) is 1. The van der Waals surface area contributed by atoms with Crippen LogP contribution in [0.25, 0.3) is 0 Å². The van der Waals surface area contributed by atoms with Crippen LogP contribution in [0.3, 0.4) is 0 Å². The standard InChI is InChI=1S/C14H16FN3O/c1-9-8-17-6-5-11(9)14(18-16)12-7-10(15)3-4-13(12)19-2/h3-8,14,18H,16H2,1-2H3. The highest BCUT2D eigenvalue weighted by atomic mass is 19.1. The Labute approximate surface area is 111 Å². The van der Waals surface area contributed by atoms with Crippen LogP contribution >= 0.6 is 0 Å². The number of hydrogen-bond donors (Lipinski definition) is 2. The molecule has 0 amide bonds. The zero-order valence-corrected chi connectivity index (χ0v) is 10.9. The minimum Gasteiger partial charge on any atom is -0.496 e. The van der Waals surface area contributed by atoms with Crippen LogP contribution in [0.1, 0.15) is 22.7 Å². The van der Waals surface area contributed by atoms with E-state index in [0.29, 0.717) is 11.3 Å². The zero-order chi connectivity index (χ0) is 13.8. The van der Waals surface area contributed by atoms with E-state index in [1.165, 1.54) is 12.1 Å². The SMILES string of the molecule is COc1ccc(F)cc1C(NN)c1ccncc1C. The summed E-state index contributed by atoms with van der Waals surface area (Å²) in [5.41, 5.74) is 5.26. The highest BCUT2D eigenvalue weighted by Crippen LogP contribution is 2.31. The molecule has 4 nitrogen and oxygen atoms in total. The van der Waals surface area contributed by atoms with Crippen molar-refractivity contribution in [3.8, 4) is 5.75 Å². The summed E-state index contributed by atoms with van der Waals surface area (Å²) in [7, 11) is 1.55. The second-order valence-electron chi connectivity index (χ2n) is 4.22. The van der Waals surface area contributed by atoms with Crippen LogP contribution < -0.4 is 16.0 Å². The molecular formula is C14H16FN3O. The lowest BCUT2D eigenvalue weighted by Crippen LogP contribution is -2.29. The molecule has 19 heavy (non-hydrogen) atoms. The number of ether oxygens (including phenoxy) is 1. The van der Waals surface area contributed by atoms with Gasteiger partial charge in [0.05, 0.1) is 13.2 Å². The molecular weight excluding hydrogens is 245 g/mol. The number of aromatic nitrogens is 1. The van der Waals surface area contributed by atoms with E-state index >= 15 is 0 Å². The van der Waals surface area contributed by atoms with Crippen LogP contribution in [0, 0.1) is 12.7 Å². The van der Waals surface area contributed by atoms with Gasteiger partial charge in [-0.05, 0) is 42.3 Å². The van der Waals surface area contributed by atoms with Gasteiger partial charge in [0.2, 0.25) is 0 Å². The first kappa shape index (κ1) is 13.5. The average molecular weight is 261 g/mol. The Morgan fingerprint density at radius 2 is 2.11 bits per heavy atom. The van der Waals surface area contributed by atoms with E-state index in [0.717, 1.165) is 11.1 Å². The summed E-state index contributed by atoms with van der Waals surface area (Å²) in [6.45, 7) is 1.93. The molecule has 2 rings (SSSR count). The molecule has 0 aliphatic rings. The third kappa shape index (κ3) is 2.72. The van der Waals surface area contributed by atoms with Gasteiger partial charge in [-0.2, -0.15) is 0 Å². The zero-order valence-electron chi connectivity index (χ0n) is 10.9. The van der Waals surface area contributed by atoms with E-state index in [4.69, 9.17) is 10.6 Å². The molecule has 1 aromatic carbocycles. The largest absolute Gasteiger partial charge is 0.496 e. The Balaban J connectivity index is 2.54. The van der Waals surface area contributed by atoms with E-state index < -0.39 is 0 Å². The van der Waals surface area contributed by atoms with Gasteiger partial charge in [-0.25, -0.2) is 9.82 Å². The fraction of sp³-hybridized carbons (Fsp3) is 0.214. The summed E-state index contributed by atoms with van der Waals surface area (Å²) in [6.07, 6.45) is 3.42. The first-order chi connectivity index (χ1) is 9.17. The van der Waals surface area contributed by atoms with Gasteiger partial charge in [0, 0.05) is 18.0 Å². The number of halogens is 1. The Bertz CT molecular complexity index is 574. The Morgan fingerprint density at radius 1 is 1.32 bits per heavy atom. The predicted molar refractivity (Wildman–Crippen MR) is 71.1 cm³/mol. The number of pyridine rings is 1. The molecule has 1 heterocycles. The van der Waals surface area contributed by atoms with Crippen molar-refractivity contribution in [2.75, 3.05) is 7.11 Å². The smallest absolute Gasteiger partial charge is 0.124 e. The van der Waals surface area contributed by atoms with Crippen LogP contribution in [-0.2, 0) is 0 Å². The molecule has 1 atom stereocenters. The van der Waals surface area contributed by atoms with E-state index in [9.17, 15) is 4.39 Å². The molecule has 5 heteroatoms. The maximum absolute atomic E-state index is 13.5. The number of aryl methyl sites for hydroxylation is 1. The van der Waals surface area contributed by atoms with Crippen molar-refractivity contribution < 1.29 is 9.13 Å². The van der Waals surface area contributed by atoms with Crippen molar-refractivity contribution in [3.05, 3.63) is 59.2 Å². The van der Waals surface area contributed by atoms with Gasteiger partial charge >= 0.3 is 0 Å². The molecule has 3 N–H and O–H groups in total. The number of rotatable bonds is 4. The van der Waals surface area contributed by atoms with Crippen LogP contribution in [-0.4, -0.2) is 12.1 Å². The second kappa shape index (κ2) is 5.77. The lowest BCUT2D eigenvalue weighted by atomic mass is 9.96. The minimum absolute atomic E-state index is 0.331. The van der Waals surface area contributed by atoms with Crippen LogP contribution in [0.15, 0.2) is 36.7 Å². The lowest BCUT2D eigenvalue weighted by molar-refractivity contribution is 0.402. The van der Waals surface area contributed by atoms with Crippen molar-refractivity contribution in [3.63, 3.8) is 0 Å². The van der Waals surface area contributed by atoms with Gasteiger partial charge in [-0.1, -0.05) is 0 Å². The third-order valence-corrected chi connectivity index (χ3v) is 3.04. The number of methoxy groups -OCH3 is 1. The quantitative estimate of drug-likeness (QED) is 0.653. The Morgan fingerprint density at radius 3 is 2.74 bits per heavy atom. The van der Waals surface area contributed by atoms with Gasteiger partial charge in [0.15, 0.2) is 0 Å². The molecule has 0 aliphatic carbocycles. The number of hydrazine groups is 1. The molecule has 0 fully saturated rings. The Kier molecular flexibility index (Phi) is 4.09. The highest BCUT2D eigenvalue weighted by Gasteiger charge is 2.19. The van der Waals surface area contributed by atoms with Gasteiger partial charge in [0.1, 0.15) is 11.6 Å². The van der Waals surface area contributed by atoms with Gasteiger partial charge < -0.3 is 4.74 Å². The molecule has 1 aromatic heterocycles. The molecule has 2 aromatic rings.